The minimum atomic E-state index is -4.30. The standard InChI is InChI=1S/C16H12F2O2S/c17-11-15(13-7-3-1-4-8-13)21(19,20)16(12-18)14-9-5-2-6-10-14/h1-12H. The maximum absolute atomic E-state index is 13.2. The predicted molar refractivity (Wildman–Crippen MR) is 80.0 cm³/mol. The maximum atomic E-state index is 13.2. The molecule has 21 heavy (non-hydrogen) atoms. The van der Waals surface area contributed by atoms with Crippen molar-refractivity contribution < 1.29 is 17.2 Å². The Balaban J connectivity index is 2.55. The number of rotatable bonds is 4. The van der Waals surface area contributed by atoms with E-state index >= 15 is 0 Å². The van der Waals surface area contributed by atoms with E-state index in [2.05, 4.69) is 0 Å². The second-order valence-corrected chi connectivity index (χ2v) is 6.07. The lowest BCUT2D eigenvalue weighted by Crippen LogP contribution is -2.06. The highest BCUT2D eigenvalue weighted by atomic mass is 32.2. The molecule has 2 aromatic carbocycles. The van der Waals surface area contributed by atoms with Gasteiger partial charge in [-0.3, -0.25) is 0 Å². The van der Waals surface area contributed by atoms with E-state index in [0.29, 0.717) is 0 Å². The van der Waals surface area contributed by atoms with Crippen LogP contribution < -0.4 is 0 Å². The van der Waals surface area contributed by atoms with Gasteiger partial charge in [-0.25, -0.2) is 17.2 Å². The van der Waals surface area contributed by atoms with Crippen molar-refractivity contribution >= 4 is 19.6 Å². The first-order valence-electron chi connectivity index (χ1n) is 6.08. The van der Waals surface area contributed by atoms with E-state index < -0.39 is 19.6 Å². The topological polar surface area (TPSA) is 34.1 Å². The number of sulfone groups is 1. The van der Waals surface area contributed by atoms with E-state index in [1.807, 2.05) is 0 Å². The van der Waals surface area contributed by atoms with E-state index in [1.54, 1.807) is 36.4 Å². The van der Waals surface area contributed by atoms with Crippen molar-refractivity contribution in [2.45, 2.75) is 0 Å². The normalized spacial score (nSPS) is 13.2. The van der Waals surface area contributed by atoms with Crippen LogP contribution in [0.1, 0.15) is 11.1 Å². The van der Waals surface area contributed by atoms with Gasteiger partial charge in [0.2, 0.25) is 9.84 Å². The molecule has 0 amide bonds. The molecule has 0 N–H and O–H groups in total. The van der Waals surface area contributed by atoms with Crippen LogP contribution in [-0.4, -0.2) is 8.42 Å². The van der Waals surface area contributed by atoms with Crippen LogP contribution in [0.4, 0.5) is 8.78 Å². The van der Waals surface area contributed by atoms with Gasteiger partial charge in [-0.15, -0.1) is 0 Å². The van der Waals surface area contributed by atoms with Crippen LogP contribution in [0.5, 0.6) is 0 Å². The summed E-state index contributed by atoms with van der Waals surface area (Å²) in [7, 11) is -4.30. The van der Waals surface area contributed by atoms with E-state index in [0.717, 1.165) is 0 Å². The first kappa shape index (κ1) is 15.1. The van der Waals surface area contributed by atoms with Crippen molar-refractivity contribution in [3.63, 3.8) is 0 Å². The molecule has 0 heterocycles. The zero-order chi connectivity index (χ0) is 15.3. The second kappa shape index (κ2) is 6.45. The van der Waals surface area contributed by atoms with Gasteiger partial charge in [-0.05, 0) is 11.1 Å². The third-order valence-electron chi connectivity index (χ3n) is 2.89. The van der Waals surface area contributed by atoms with Gasteiger partial charge in [-0.1, -0.05) is 60.7 Å². The second-order valence-electron chi connectivity index (χ2n) is 4.18. The molecule has 0 spiro atoms. The first-order chi connectivity index (χ1) is 10.1. The molecule has 0 fully saturated rings. The molecule has 2 nitrogen and oxygen atoms in total. The minimum absolute atomic E-state index is 0.0168. The van der Waals surface area contributed by atoms with Crippen molar-refractivity contribution in [2.24, 2.45) is 0 Å². The van der Waals surface area contributed by atoms with Gasteiger partial charge in [0.05, 0.1) is 0 Å². The van der Waals surface area contributed by atoms with Gasteiger partial charge >= 0.3 is 0 Å². The molecule has 0 aliphatic carbocycles. The lowest BCUT2D eigenvalue weighted by atomic mass is 10.2. The first-order valence-corrected chi connectivity index (χ1v) is 7.56. The van der Waals surface area contributed by atoms with Crippen LogP contribution >= 0.6 is 0 Å². The fourth-order valence-electron chi connectivity index (χ4n) is 1.88. The largest absolute Gasteiger partial charge is 0.218 e. The third-order valence-corrected chi connectivity index (χ3v) is 4.70. The van der Waals surface area contributed by atoms with Crippen molar-refractivity contribution in [3.05, 3.63) is 84.5 Å². The van der Waals surface area contributed by atoms with Crippen LogP contribution in [0.3, 0.4) is 0 Å². The summed E-state index contributed by atoms with van der Waals surface area (Å²) in [6.07, 6.45) is -0.0335. The van der Waals surface area contributed by atoms with Crippen molar-refractivity contribution in [1.82, 2.24) is 0 Å². The highest BCUT2D eigenvalue weighted by Gasteiger charge is 2.26. The molecule has 0 bridgehead atoms. The van der Waals surface area contributed by atoms with Crippen LogP contribution in [0.2, 0.25) is 0 Å². The summed E-state index contributed by atoms with van der Waals surface area (Å²) in [5.41, 5.74) is 0.325. The molecule has 5 heteroatoms. The minimum Gasteiger partial charge on any atom is -0.218 e. The van der Waals surface area contributed by atoms with E-state index in [-0.39, 0.29) is 23.8 Å². The van der Waals surface area contributed by atoms with Gasteiger partial charge < -0.3 is 0 Å². The van der Waals surface area contributed by atoms with Crippen molar-refractivity contribution in [2.75, 3.05) is 0 Å². The Labute approximate surface area is 122 Å². The molecule has 0 aromatic heterocycles. The van der Waals surface area contributed by atoms with E-state index in [1.165, 1.54) is 24.3 Å². The summed E-state index contributed by atoms with van der Waals surface area (Å²) in [4.78, 5) is -1.15. The SMILES string of the molecule is O=S(=O)(C(=CF)c1ccccc1)C(=CF)c1ccccc1. The summed E-state index contributed by atoms with van der Waals surface area (Å²) >= 11 is 0. The molecule has 2 rings (SSSR count). The van der Waals surface area contributed by atoms with Crippen LogP contribution in [0, 0.1) is 0 Å². The van der Waals surface area contributed by atoms with Gasteiger partial charge in [0.15, 0.2) is 0 Å². The lowest BCUT2D eigenvalue weighted by molar-refractivity contribution is 0.613. The quantitative estimate of drug-likeness (QED) is 0.842. The fourth-order valence-corrected chi connectivity index (χ4v) is 3.24. The molecule has 0 atom stereocenters. The molecule has 0 saturated heterocycles. The van der Waals surface area contributed by atoms with Crippen LogP contribution in [-0.2, 0) is 9.84 Å². The van der Waals surface area contributed by atoms with E-state index in [9.17, 15) is 17.2 Å². The van der Waals surface area contributed by atoms with Gasteiger partial charge in [-0.2, -0.15) is 0 Å². The molecular weight excluding hydrogens is 294 g/mol. The van der Waals surface area contributed by atoms with E-state index in [4.69, 9.17) is 0 Å². The molecule has 2 aromatic rings. The summed E-state index contributed by atoms with van der Waals surface area (Å²) in [5, 5.41) is 0. The Hall–Kier alpha value is -2.27. The lowest BCUT2D eigenvalue weighted by Gasteiger charge is -2.10. The highest BCUT2D eigenvalue weighted by molar-refractivity contribution is 8.09. The Bertz CT molecular complexity index is 703. The number of hydrogen-bond donors (Lipinski definition) is 0. The zero-order valence-corrected chi connectivity index (χ0v) is 11.7. The molecule has 108 valence electrons. The van der Waals surface area contributed by atoms with Gasteiger partial charge in [0.25, 0.3) is 0 Å². The molecule has 0 radical (unpaired) electrons. The summed E-state index contributed by atoms with van der Waals surface area (Å²) in [6.45, 7) is 0. The van der Waals surface area contributed by atoms with Crippen LogP contribution in [0.15, 0.2) is 73.3 Å². The average molecular weight is 306 g/mol. The predicted octanol–water partition coefficient (Wildman–Crippen LogP) is 4.34. The Morgan fingerprint density at radius 2 is 1.05 bits per heavy atom. The monoisotopic (exact) mass is 306 g/mol. The fraction of sp³-hybridized carbons (Fsp3) is 0. The van der Waals surface area contributed by atoms with Crippen molar-refractivity contribution in [1.29, 1.82) is 0 Å². The molecule has 0 aliphatic heterocycles. The van der Waals surface area contributed by atoms with Gasteiger partial charge in [0, 0.05) is 0 Å². The van der Waals surface area contributed by atoms with Crippen molar-refractivity contribution in [3.8, 4) is 0 Å². The number of halogens is 2. The highest BCUT2D eigenvalue weighted by Crippen LogP contribution is 2.32. The summed E-state index contributed by atoms with van der Waals surface area (Å²) in [5.74, 6) is 0. The summed E-state index contributed by atoms with van der Waals surface area (Å²) < 4.78 is 51.3. The average Bonchev–Trinajstić information content (AvgIpc) is 2.50. The maximum Gasteiger partial charge on any atom is 0.212 e. The number of hydrogen-bond acceptors (Lipinski definition) is 2. The molecule has 0 saturated carbocycles. The Morgan fingerprint density at radius 3 is 1.33 bits per heavy atom. The smallest absolute Gasteiger partial charge is 0.212 e. The van der Waals surface area contributed by atoms with Crippen LogP contribution in [0.25, 0.3) is 9.81 Å². The Kier molecular flexibility index (Phi) is 4.65. The third kappa shape index (κ3) is 3.08. The molecule has 0 unspecified atom stereocenters. The zero-order valence-electron chi connectivity index (χ0n) is 10.9. The molecule has 0 aliphatic rings. The Morgan fingerprint density at radius 1 is 0.714 bits per heavy atom. The molecular formula is C16H12F2O2S. The number of benzene rings is 2. The summed E-state index contributed by atoms with van der Waals surface area (Å²) in [6, 6.07) is 15.5. The van der Waals surface area contributed by atoms with Gasteiger partial charge in [0.1, 0.15) is 22.5 Å².